The average molecular weight is 265 g/mol. The molecule has 0 saturated heterocycles. The molecule has 0 atom stereocenters. The van der Waals surface area contributed by atoms with Crippen molar-refractivity contribution in [1.29, 1.82) is 0 Å². The fourth-order valence-corrected chi connectivity index (χ4v) is 1.62. The highest BCUT2D eigenvalue weighted by Gasteiger charge is 2.15. The maximum absolute atomic E-state index is 13.7. The van der Waals surface area contributed by atoms with Crippen LogP contribution in [0.25, 0.3) is 11.3 Å². The van der Waals surface area contributed by atoms with Gasteiger partial charge in [-0.15, -0.1) is 0 Å². The third-order valence-electron chi connectivity index (χ3n) is 2.58. The van der Waals surface area contributed by atoms with Crippen LogP contribution in [0.4, 0.5) is 10.1 Å². The molecule has 0 amide bonds. The molecule has 2 aromatic rings. The molecule has 1 aromatic carbocycles. The van der Waals surface area contributed by atoms with Gasteiger partial charge in [0.15, 0.2) is 11.7 Å². The quantitative estimate of drug-likeness (QED) is 0.661. The molecule has 2 N–H and O–H groups in total. The molecular formula is C12H12FN3O3. The lowest BCUT2D eigenvalue weighted by molar-refractivity contribution is -0.385. The van der Waals surface area contributed by atoms with Crippen LogP contribution in [-0.4, -0.2) is 16.5 Å². The summed E-state index contributed by atoms with van der Waals surface area (Å²) in [5, 5.41) is 10.5. The van der Waals surface area contributed by atoms with Crippen LogP contribution in [0.5, 0.6) is 0 Å². The van der Waals surface area contributed by atoms with Gasteiger partial charge in [0.25, 0.3) is 5.69 Å². The number of nitrogens with zero attached hydrogens (tertiary/aromatic N) is 2. The zero-order valence-corrected chi connectivity index (χ0v) is 10.0. The van der Waals surface area contributed by atoms with E-state index in [1.165, 1.54) is 18.3 Å². The van der Waals surface area contributed by atoms with Gasteiger partial charge in [0.05, 0.1) is 22.7 Å². The summed E-state index contributed by atoms with van der Waals surface area (Å²) < 4.78 is 19.1. The Kier molecular flexibility index (Phi) is 3.86. The van der Waals surface area contributed by atoms with Gasteiger partial charge in [-0.1, -0.05) is 0 Å². The number of nitro groups is 1. The van der Waals surface area contributed by atoms with Gasteiger partial charge in [0.2, 0.25) is 0 Å². The lowest BCUT2D eigenvalue weighted by Gasteiger charge is -1.99. The molecule has 0 aliphatic heterocycles. The fourth-order valence-electron chi connectivity index (χ4n) is 1.62. The highest BCUT2D eigenvalue weighted by atomic mass is 19.1. The van der Waals surface area contributed by atoms with Crippen molar-refractivity contribution in [3.8, 4) is 11.3 Å². The largest absolute Gasteiger partial charge is 0.441 e. The van der Waals surface area contributed by atoms with Crippen LogP contribution >= 0.6 is 0 Å². The molecule has 0 unspecified atom stereocenters. The van der Waals surface area contributed by atoms with Gasteiger partial charge in [-0.25, -0.2) is 9.37 Å². The zero-order chi connectivity index (χ0) is 13.8. The fraction of sp³-hybridized carbons (Fsp3) is 0.250. The molecule has 1 heterocycles. The Morgan fingerprint density at radius 3 is 2.89 bits per heavy atom. The number of oxazole rings is 1. The number of aromatic nitrogens is 1. The van der Waals surface area contributed by atoms with Crippen molar-refractivity contribution in [2.75, 3.05) is 6.54 Å². The molecule has 0 fully saturated rings. The number of hydrogen-bond acceptors (Lipinski definition) is 5. The highest BCUT2D eigenvalue weighted by molar-refractivity contribution is 5.59. The Morgan fingerprint density at radius 2 is 2.26 bits per heavy atom. The van der Waals surface area contributed by atoms with E-state index in [-0.39, 0.29) is 17.0 Å². The number of rotatable bonds is 5. The van der Waals surface area contributed by atoms with Gasteiger partial charge >= 0.3 is 0 Å². The van der Waals surface area contributed by atoms with Gasteiger partial charge in [-0.2, -0.15) is 0 Å². The summed E-state index contributed by atoms with van der Waals surface area (Å²) in [4.78, 5) is 13.9. The molecule has 7 heteroatoms. The predicted molar refractivity (Wildman–Crippen MR) is 65.9 cm³/mol. The lowest BCUT2D eigenvalue weighted by atomic mass is 10.1. The zero-order valence-electron chi connectivity index (χ0n) is 10.0. The minimum Gasteiger partial charge on any atom is -0.441 e. The lowest BCUT2D eigenvalue weighted by Crippen LogP contribution is -2.00. The number of non-ortho nitro benzene ring substituents is 1. The van der Waals surface area contributed by atoms with Crippen LogP contribution in [0.2, 0.25) is 0 Å². The molecule has 0 spiro atoms. The molecule has 0 radical (unpaired) electrons. The van der Waals surface area contributed by atoms with Crippen LogP contribution in [-0.2, 0) is 6.42 Å². The van der Waals surface area contributed by atoms with Crippen LogP contribution in [0.1, 0.15) is 12.3 Å². The third kappa shape index (κ3) is 2.94. The first-order valence-electron chi connectivity index (χ1n) is 5.71. The van der Waals surface area contributed by atoms with E-state index in [1.54, 1.807) is 0 Å². The van der Waals surface area contributed by atoms with Crippen molar-refractivity contribution in [3.63, 3.8) is 0 Å². The Labute approximate surface area is 108 Å². The molecule has 0 aliphatic carbocycles. The number of aryl methyl sites for hydroxylation is 1. The Hall–Kier alpha value is -2.28. The summed E-state index contributed by atoms with van der Waals surface area (Å²) >= 11 is 0. The molecule has 2 rings (SSSR count). The molecule has 1 aromatic heterocycles. The second-order valence-corrected chi connectivity index (χ2v) is 3.93. The summed E-state index contributed by atoms with van der Waals surface area (Å²) in [5.74, 6) is 0.00773. The van der Waals surface area contributed by atoms with E-state index in [4.69, 9.17) is 10.2 Å². The summed E-state index contributed by atoms with van der Waals surface area (Å²) in [5.41, 5.74) is 5.22. The summed E-state index contributed by atoms with van der Waals surface area (Å²) in [7, 11) is 0. The number of nitrogens with two attached hydrogens (primary N) is 1. The molecule has 6 nitrogen and oxygen atoms in total. The van der Waals surface area contributed by atoms with Crippen molar-refractivity contribution in [3.05, 3.63) is 46.2 Å². The Morgan fingerprint density at radius 1 is 1.47 bits per heavy atom. The van der Waals surface area contributed by atoms with E-state index in [2.05, 4.69) is 4.98 Å². The van der Waals surface area contributed by atoms with E-state index in [1.807, 2.05) is 0 Å². The minimum absolute atomic E-state index is 0.150. The molecule has 0 aliphatic rings. The van der Waals surface area contributed by atoms with Crippen molar-refractivity contribution < 1.29 is 13.7 Å². The first-order valence-corrected chi connectivity index (χ1v) is 5.71. The molecule has 100 valence electrons. The summed E-state index contributed by atoms with van der Waals surface area (Å²) in [6.07, 6.45) is 2.70. The van der Waals surface area contributed by atoms with E-state index in [0.717, 1.165) is 12.5 Å². The molecule has 0 saturated carbocycles. The van der Waals surface area contributed by atoms with Gasteiger partial charge in [-0.3, -0.25) is 10.1 Å². The van der Waals surface area contributed by atoms with E-state index in [9.17, 15) is 14.5 Å². The normalized spacial score (nSPS) is 10.6. The van der Waals surface area contributed by atoms with Gasteiger partial charge in [0, 0.05) is 12.5 Å². The highest BCUT2D eigenvalue weighted by Crippen LogP contribution is 2.26. The maximum Gasteiger partial charge on any atom is 0.272 e. The third-order valence-corrected chi connectivity index (χ3v) is 2.58. The first kappa shape index (κ1) is 13.2. The Balaban J connectivity index is 2.26. The predicted octanol–water partition coefficient (Wildman–Crippen LogP) is 2.28. The second-order valence-electron chi connectivity index (χ2n) is 3.93. The smallest absolute Gasteiger partial charge is 0.272 e. The SMILES string of the molecule is NCCCc1ncc(-c2ccc([N+](=O)[O-])cc2F)o1. The van der Waals surface area contributed by atoms with E-state index >= 15 is 0 Å². The number of benzene rings is 1. The van der Waals surface area contributed by atoms with E-state index < -0.39 is 10.7 Å². The topological polar surface area (TPSA) is 95.2 Å². The van der Waals surface area contributed by atoms with Gasteiger partial charge in [-0.05, 0) is 19.0 Å². The van der Waals surface area contributed by atoms with Crippen molar-refractivity contribution >= 4 is 5.69 Å². The molecule has 0 bridgehead atoms. The van der Waals surface area contributed by atoms with Gasteiger partial charge < -0.3 is 10.2 Å². The van der Waals surface area contributed by atoms with Crippen LogP contribution in [0.3, 0.4) is 0 Å². The van der Waals surface area contributed by atoms with E-state index in [0.29, 0.717) is 18.9 Å². The van der Waals surface area contributed by atoms with Crippen LogP contribution in [0, 0.1) is 15.9 Å². The van der Waals surface area contributed by atoms with Crippen LogP contribution < -0.4 is 5.73 Å². The standard InChI is InChI=1S/C12H12FN3O3/c13-10-6-8(16(17)18)3-4-9(10)11-7-15-12(19-11)2-1-5-14/h3-4,6-7H,1-2,5,14H2. The number of halogens is 1. The van der Waals surface area contributed by atoms with Crippen molar-refractivity contribution in [1.82, 2.24) is 4.98 Å². The summed E-state index contributed by atoms with van der Waals surface area (Å²) in [6.45, 7) is 0.517. The van der Waals surface area contributed by atoms with Gasteiger partial charge in [0.1, 0.15) is 5.82 Å². The van der Waals surface area contributed by atoms with Crippen LogP contribution in [0.15, 0.2) is 28.8 Å². The number of nitro benzene ring substituents is 1. The number of hydrogen-bond donors (Lipinski definition) is 1. The average Bonchev–Trinajstić information content (AvgIpc) is 2.84. The Bertz CT molecular complexity index is 598. The maximum atomic E-state index is 13.7. The monoisotopic (exact) mass is 265 g/mol. The first-order chi connectivity index (χ1) is 9.11. The minimum atomic E-state index is -0.712. The molecule has 19 heavy (non-hydrogen) atoms. The summed E-state index contributed by atoms with van der Waals surface area (Å²) in [6, 6.07) is 3.39. The second kappa shape index (κ2) is 5.57. The van der Waals surface area contributed by atoms with Crippen molar-refractivity contribution in [2.24, 2.45) is 5.73 Å². The van der Waals surface area contributed by atoms with Crippen molar-refractivity contribution in [2.45, 2.75) is 12.8 Å². The molecular weight excluding hydrogens is 253 g/mol.